The fourth-order valence-corrected chi connectivity index (χ4v) is 5.18. The molecule has 134 valence electrons. The van der Waals surface area contributed by atoms with Crippen LogP contribution >= 0.6 is 22.7 Å². The predicted octanol–water partition coefficient (Wildman–Crippen LogP) is 4.61. The van der Waals surface area contributed by atoms with Crippen molar-refractivity contribution in [2.24, 2.45) is 0 Å². The molecule has 2 aromatic heterocycles. The lowest BCUT2D eigenvalue weighted by molar-refractivity contribution is 0.0698. The Hall–Kier alpha value is -2.31. The summed E-state index contributed by atoms with van der Waals surface area (Å²) >= 11 is 3.47. The minimum Gasteiger partial charge on any atom is -0.493 e. The Kier molecular flexibility index (Phi) is 4.70. The third kappa shape index (κ3) is 2.89. The first-order valence-corrected chi connectivity index (χ1v) is 10.1. The zero-order valence-corrected chi connectivity index (χ0v) is 16.2. The quantitative estimate of drug-likeness (QED) is 0.658. The minimum absolute atomic E-state index is 0.0150. The zero-order valence-electron chi connectivity index (χ0n) is 14.6. The SMILES string of the molecule is COc1ccc(C(=O)N2CCc3sccc3[C@@H]2c2cccs2)cc1OC. The summed E-state index contributed by atoms with van der Waals surface area (Å²) in [5.74, 6) is 1.21. The summed E-state index contributed by atoms with van der Waals surface area (Å²) in [5.41, 5.74) is 1.86. The fourth-order valence-electron chi connectivity index (χ4n) is 3.42. The number of thiophene rings is 2. The highest BCUT2D eigenvalue weighted by molar-refractivity contribution is 7.10. The van der Waals surface area contributed by atoms with Gasteiger partial charge in [-0.25, -0.2) is 0 Å². The summed E-state index contributed by atoms with van der Waals surface area (Å²) in [6.45, 7) is 0.712. The van der Waals surface area contributed by atoms with Crippen LogP contribution in [0.5, 0.6) is 11.5 Å². The maximum Gasteiger partial charge on any atom is 0.254 e. The molecule has 0 bridgehead atoms. The molecule has 1 atom stereocenters. The van der Waals surface area contributed by atoms with Gasteiger partial charge in [-0.3, -0.25) is 4.79 Å². The van der Waals surface area contributed by atoms with Crippen molar-refractivity contribution in [3.63, 3.8) is 0 Å². The number of methoxy groups -OCH3 is 2. The highest BCUT2D eigenvalue weighted by Gasteiger charge is 2.34. The smallest absolute Gasteiger partial charge is 0.254 e. The van der Waals surface area contributed by atoms with E-state index in [-0.39, 0.29) is 11.9 Å². The molecular formula is C20H19NO3S2. The zero-order chi connectivity index (χ0) is 18.1. The van der Waals surface area contributed by atoms with E-state index in [1.807, 2.05) is 11.0 Å². The standard InChI is InChI=1S/C20H19NO3S2/c1-23-15-6-5-13(12-16(15)24-2)20(22)21-9-7-17-14(8-11-26-17)19(21)18-4-3-10-25-18/h3-6,8,10-12,19H,7,9H2,1-2H3/t19-/m1/s1. The van der Waals surface area contributed by atoms with Gasteiger partial charge in [0.2, 0.25) is 0 Å². The van der Waals surface area contributed by atoms with E-state index in [0.29, 0.717) is 23.6 Å². The molecular weight excluding hydrogens is 366 g/mol. The monoisotopic (exact) mass is 385 g/mol. The first-order chi connectivity index (χ1) is 12.7. The average molecular weight is 386 g/mol. The molecule has 0 unspecified atom stereocenters. The van der Waals surface area contributed by atoms with Crippen molar-refractivity contribution in [1.82, 2.24) is 4.90 Å². The number of hydrogen-bond acceptors (Lipinski definition) is 5. The van der Waals surface area contributed by atoms with Crippen LogP contribution in [0.1, 0.15) is 31.7 Å². The van der Waals surface area contributed by atoms with Gasteiger partial charge in [0.1, 0.15) is 0 Å². The molecule has 1 aliphatic heterocycles. The highest BCUT2D eigenvalue weighted by atomic mass is 32.1. The van der Waals surface area contributed by atoms with Crippen LogP contribution in [0.3, 0.4) is 0 Å². The second kappa shape index (κ2) is 7.13. The highest BCUT2D eigenvalue weighted by Crippen LogP contribution is 2.40. The maximum atomic E-state index is 13.3. The summed E-state index contributed by atoms with van der Waals surface area (Å²) in [7, 11) is 3.17. The van der Waals surface area contributed by atoms with Gasteiger partial charge in [0, 0.05) is 21.9 Å². The van der Waals surface area contributed by atoms with Gasteiger partial charge in [0.15, 0.2) is 11.5 Å². The Labute approximate surface area is 160 Å². The number of nitrogens with zero attached hydrogens (tertiary/aromatic N) is 1. The van der Waals surface area contributed by atoms with Crippen molar-refractivity contribution < 1.29 is 14.3 Å². The van der Waals surface area contributed by atoms with Crippen molar-refractivity contribution in [1.29, 1.82) is 0 Å². The topological polar surface area (TPSA) is 38.8 Å². The molecule has 0 spiro atoms. The lowest BCUT2D eigenvalue weighted by atomic mass is 9.97. The number of ether oxygens (including phenoxy) is 2. The number of benzene rings is 1. The van der Waals surface area contributed by atoms with Crippen LogP contribution in [-0.4, -0.2) is 31.6 Å². The Morgan fingerprint density at radius 3 is 2.65 bits per heavy atom. The number of amides is 1. The Balaban J connectivity index is 1.73. The van der Waals surface area contributed by atoms with Crippen LogP contribution in [-0.2, 0) is 6.42 Å². The van der Waals surface area contributed by atoms with Gasteiger partial charge in [-0.1, -0.05) is 6.07 Å². The van der Waals surface area contributed by atoms with Crippen molar-refractivity contribution in [3.05, 3.63) is 68.0 Å². The summed E-state index contributed by atoms with van der Waals surface area (Å²) in [4.78, 5) is 17.9. The molecule has 0 radical (unpaired) electrons. The molecule has 0 fully saturated rings. The number of carbonyl (C=O) groups excluding carboxylic acids is 1. The van der Waals surface area contributed by atoms with Crippen LogP contribution < -0.4 is 9.47 Å². The molecule has 0 saturated heterocycles. The summed E-state index contributed by atoms with van der Waals surface area (Å²) in [5, 5.41) is 4.19. The molecule has 6 heteroatoms. The summed E-state index contributed by atoms with van der Waals surface area (Å²) in [6.07, 6.45) is 0.897. The van der Waals surface area contributed by atoms with Crippen LogP contribution in [0, 0.1) is 0 Å². The average Bonchev–Trinajstić information content (AvgIpc) is 3.37. The van der Waals surface area contributed by atoms with Gasteiger partial charge in [0.05, 0.1) is 20.3 Å². The van der Waals surface area contributed by atoms with E-state index in [1.54, 1.807) is 55.1 Å². The molecule has 3 aromatic rings. The third-order valence-electron chi connectivity index (χ3n) is 4.67. The van der Waals surface area contributed by atoms with Gasteiger partial charge in [0.25, 0.3) is 5.91 Å². The van der Waals surface area contributed by atoms with Gasteiger partial charge in [-0.15, -0.1) is 22.7 Å². The minimum atomic E-state index is -0.0226. The molecule has 1 aromatic carbocycles. The number of fused-ring (bicyclic) bond motifs is 1. The molecule has 3 heterocycles. The second-order valence-corrected chi connectivity index (χ2v) is 8.02. The van der Waals surface area contributed by atoms with Crippen molar-refractivity contribution in [2.75, 3.05) is 20.8 Å². The molecule has 1 aliphatic rings. The molecule has 0 saturated carbocycles. The summed E-state index contributed by atoms with van der Waals surface area (Å²) in [6, 6.07) is 11.6. The lowest BCUT2D eigenvalue weighted by Crippen LogP contribution is -2.39. The third-order valence-corrected chi connectivity index (χ3v) is 6.59. The van der Waals surface area contributed by atoms with Crippen molar-refractivity contribution in [2.45, 2.75) is 12.5 Å². The normalized spacial score (nSPS) is 16.2. The number of rotatable bonds is 4. The fraction of sp³-hybridized carbons (Fsp3) is 0.250. The number of carbonyl (C=O) groups is 1. The van der Waals surface area contributed by atoms with Crippen molar-refractivity contribution >= 4 is 28.6 Å². The van der Waals surface area contributed by atoms with Crippen LogP contribution in [0.25, 0.3) is 0 Å². The largest absolute Gasteiger partial charge is 0.493 e. The van der Waals surface area contributed by atoms with Crippen molar-refractivity contribution in [3.8, 4) is 11.5 Å². The van der Waals surface area contributed by atoms with E-state index in [9.17, 15) is 4.79 Å². The van der Waals surface area contributed by atoms with E-state index in [0.717, 1.165) is 6.42 Å². The number of hydrogen-bond donors (Lipinski definition) is 0. The molecule has 0 aliphatic carbocycles. The maximum absolute atomic E-state index is 13.3. The first kappa shape index (κ1) is 17.1. The van der Waals surface area contributed by atoms with E-state index in [2.05, 4.69) is 22.9 Å². The van der Waals surface area contributed by atoms with Gasteiger partial charge >= 0.3 is 0 Å². The van der Waals surface area contributed by atoms with E-state index in [1.165, 1.54) is 15.3 Å². The van der Waals surface area contributed by atoms with Gasteiger partial charge in [-0.2, -0.15) is 0 Å². The van der Waals surface area contributed by atoms with Gasteiger partial charge < -0.3 is 14.4 Å². The molecule has 4 rings (SSSR count). The van der Waals surface area contributed by atoms with Crippen LogP contribution in [0.15, 0.2) is 47.2 Å². The summed E-state index contributed by atoms with van der Waals surface area (Å²) < 4.78 is 10.7. The Morgan fingerprint density at radius 1 is 1.08 bits per heavy atom. The Morgan fingerprint density at radius 2 is 1.92 bits per heavy atom. The van der Waals surface area contributed by atoms with E-state index in [4.69, 9.17) is 9.47 Å². The predicted molar refractivity (Wildman–Crippen MR) is 105 cm³/mol. The molecule has 1 amide bonds. The van der Waals surface area contributed by atoms with E-state index < -0.39 is 0 Å². The van der Waals surface area contributed by atoms with Gasteiger partial charge in [-0.05, 0) is 53.1 Å². The molecule has 26 heavy (non-hydrogen) atoms. The molecule has 4 nitrogen and oxygen atoms in total. The first-order valence-electron chi connectivity index (χ1n) is 8.35. The Bertz CT molecular complexity index is 917. The lowest BCUT2D eigenvalue weighted by Gasteiger charge is -2.35. The molecule has 0 N–H and O–H groups in total. The van der Waals surface area contributed by atoms with Crippen LogP contribution in [0.2, 0.25) is 0 Å². The van der Waals surface area contributed by atoms with Crippen LogP contribution in [0.4, 0.5) is 0 Å². The van der Waals surface area contributed by atoms with E-state index >= 15 is 0 Å². The second-order valence-electron chi connectivity index (χ2n) is 6.04.